The molecule has 0 heterocycles. The van der Waals surface area contributed by atoms with Gasteiger partial charge < -0.3 is 10.2 Å². The van der Waals surface area contributed by atoms with Crippen LogP contribution in [0.4, 0.5) is 5.69 Å². The van der Waals surface area contributed by atoms with E-state index in [1.807, 2.05) is 0 Å². The molecule has 94 valence electrons. The first-order chi connectivity index (χ1) is 8.50. The van der Waals surface area contributed by atoms with E-state index in [-0.39, 0.29) is 17.2 Å². The maximum atomic E-state index is 10.0. The van der Waals surface area contributed by atoms with E-state index in [0.29, 0.717) is 5.02 Å². The number of phenolic OH excluding ortho intramolecular Hbond substituents is 2. The van der Waals surface area contributed by atoms with Crippen molar-refractivity contribution in [2.24, 2.45) is 0 Å². The van der Waals surface area contributed by atoms with E-state index in [2.05, 4.69) is 0 Å². The molecule has 18 heavy (non-hydrogen) atoms. The van der Waals surface area contributed by atoms with Crippen LogP contribution in [0, 0.1) is 10.1 Å². The van der Waals surface area contributed by atoms with E-state index in [1.165, 1.54) is 24.3 Å². The summed E-state index contributed by atoms with van der Waals surface area (Å²) < 4.78 is 0. The van der Waals surface area contributed by atoms with Gasteiger partial charge in [-0.3, -0.25) is 10.1 Å². The molecular weight excluding hydrogens is 258 g/mol. The zero-order chi connectivity index (χ0) is 13.5. The van der Waals surface area contributed by atoms with Crippen molar-refractivity contribution in [2.75, 3.05) is 0 Å². The summed E-state index contributed by atoms with van der Waals surface area (Å²) in [6, 6.07) is 11.7. The minimum Gasteiger partial charge on any atom is -0.508 e. The maximum absolute atomic E-state index is 10.0. The van der Waals surface area contributed by atoms with Gasteiger partial charge in [-0.25, -0.2) is 0 Å². The molecule has 2 rings (SSSR count). The molecule has 0 spiro atoms. The van der Waals surface area contributed by atoms with Crippen LogP contribution in [0.2, 0.25) is 5.02 Å². The van der Waals surface area contributed by atoms with Crippen LogP contribution in [-0.4, -0.2) is 15.1 Å². The highest BCUT2D eigenvalue weighted by molar-refractivity contribution is 6.31. The van der Waals surface area contributed by atoms with Gasteiger partial charge in [0.25, 0.3) is 5.69 Å². The number of para-hydroxylation sites is 1. The van der Waals surface area contributed by atoms with Gasteiger partial charge >= 0.3 is 0 Å². The molecule has 2 aromatic rings. The Morgan fingerprint density at radius 1 is 1.00 bits per heavy atom. The number of halogens is 1. The number of nitrogens with zero attached hydrogens (tertiary/aromatic N) is 1. The quantitative estimate of drug-likeness (QED) is 0.613. The second-order valence-corrected chi connectivity index (χ2v) is 3.63. The summed E-state index contributed by atoms with van der Waals surface area (Å²) in [5.74, 6) is 0.166. The fraction of sp³-hybridized carbons (Fsp3) is 0. The largest absolute Gasteiger partial charge is 0.508 e. The molecule has 2 aromatic carbocycles. The van der Waals surface area contributed by atoms with Crippen LogP contribution in [0.15, 0.2) is 48.5 Å². The molecule has 0 aliphatic heterocycles. The first-order valence-corrected chi connectivity index (χ1v) is 5.25. The van der Waals surface area contributed by atoms with Crippen LogP contribution in [0.3, 0.4) is 0 Å². The number of rotatable bonds is 1. The van der Waals surface area contributed by atoms with Crippen LogP contribution in [0.1, 0.15) is 0 Å². The molecular formula is C12H10ClNO4. The molecule has 0 aromatic heterocycles. The van der Waals surface area contributed by atoms with Gasteiger partial charge in [0.1, 0.15) is 11.5 Å². The Morgan fingerprint density at radius 2 is 1.56 bits per heavy atom. The summed E-state index contributed by atoms with van der Waals surface area (Å²) in [5, 5.41) is 27.9. The molecule has 0 unspecified atom stereocenters. The SMILES string of the molecule is O=[N+]([O-])c1ccc(O)cc1.Oc1ccccc1Cl. The van der Waals surface area contributed by atoms with Crippen LogP contribution < -0.4 is 0 Å². The Kier molecular flexibility index (Phi) is 4.95. The van der Waals surface area contributed by atoms with Gasteiger partial charge in [0.2, 0.25) is 0 Å². The van der Waals surface area contributed by atoms with Crippen LogP contribution in [-0.2, 0) is 0 Å². The van der Waals surface area contributed by atoms with Crippen molar-refractivity contribution in [2.45, 2.75) is 0 Å². The summed E-state index contributed by atoms with van der Waals surface area (Å²) in [7, 11) is 0. The van der Waals surface area contributed by atoms with Gasteiger partial charge in [-0.15, -0.1) is 0 Å². The van der Waals surface area contributed by atoms with Crippen molar-refractivity contribution < 1.29 is 15.1 Å². The Bertz CT molecular complexity index is 507. The zero-order valence-electron chi connectivity index (χ0n) is 9.15. The summed E-state index contributed by atoms with van der Waals surface area (Å²) in [4.78, 5) is 9.52. The number of nitro benzene ring substituents is 1. The molecule has 0 bridgehead atoms. The fourth-order valence-electron chi connectivity index (χ4n) is 1.03. The Morgan fingerprint density at radius 3 is 1.94 bits per heavy atom. The lowest BCUT2D eigenvalue weighted by atomic mass is 10.3. The predicted octanol–water partition coefficient (Wildman–Crippen LogP) is 3.35. The third-order valence-electron chi connectivity index (χ3n) is 1.91. The average Bonchev–Trinajstić information content (AvgIpc) is 2.34. The minimum atomic E-state index is -0.514. The average molecular weight is 268 g/mol. The number of hydrogen-bond donors (Lipinski definition) is 2. The Labute approximate surface area is 108 Å². The van der Waals surface area contributed by atoms with Gasteiger partial charge in [-0.05, 0) is 24.3 Å². The summed E-state index contributed by atoms with van der Waals surface area (Å²) in [6.07, 6.45) is 0. The fourth-order valence-corrected chi connectivity index (χ4v) is 1.16. The molecule has 0 radical (unpaired) electrons. The van der Waals surface area contributed by atoms with E-state index in [4.69, 9.17) is 21.8 Å². The van der Waals surface area contributed by atoms with E-state index in [9.17, 15) is 10.1 Å². The van der Waals surface area contributed by atoms with Crippen molar-refractivity contribution in [1.29, 1.82) is 0 Å². The van der Waals surface area contributed by atoms with Gasteiger partial charge in [0, 0.05) is 12.1 Å². The van der Waals surface area contributed by atoms with E-state index < -0.39 is 4.92 Å². The van der Waals surface area contributed by atoms with Gasteiger partial charge in [-0.1, -0.05) is 23.7 Å². The predicted molar refractivity (Wildman–Crippen MR) is 67.9 cm³/mol. The second-order valence-electron chi connectivity index (χ2n) is 3.22. The highest BCUT2D eigenvalue weighted by atomic mass is 35.5. The highest BCUT2D eigenvalue weighted by Crippen LogP contribution is 2.20. The first kappa shape index (κ1) is 13.8. The van der Waals surface area contributed by atoms with Crippen molar-refractivity contribution >= 4 is 17.3 Å². The van der Waals surface area contributed by atoms with Crippen molar-refractivity contribution in [3.63, 3.8) is 0 Å². The van der Waals surface area contributed by atoms with E-state index >= 15 is 0 Å². The molecule has 0 saturated heterocycles. The van der Waals surface area contributed by atoms with Crippen molar-refractivity contribution in [1.82, 2.24) is 0 Å². The third kappa shape index (κ3) is 4.31. The standard InChI is InChI=1S/C6H5ClO.C6H5NO3/c7-5-3-1-2-4-6(5)8;8-6-3-1-5(2-4-6)7(9)10/h1-4,8H;1-4,8H. The normalized spacial score (nSPS) is 9.17. The first-order valence-electron chi connectivity index (χ1n) is 4.87. The number of hydrogen-bond acceptors (Lipinski definition) is 4. The summed E-state index contributed by atoms with van der Waals surface area (Å²) in [6.45, 7) is 0. The molecule has 0 aliphatic rings. The topological polar surface area (TPSA) is 83.6 Å². The molecule has 0 saturated carbocycles. The number of aromatic hydroxyl groups is 2. The van der Waals surface area contributed by atoms with Crippen molar-refractivity contribution in [3.05, 3.63) is 63.7 Å². The van der Waals surface area contributed by atoms with Crippen LogP contribution in [0.25, 0.3) is 0 Å². The lowest BCUT2D eigenvalue weighted by molar-refractivity contribution is -0.384. The third-order valence-corrected chi connectivity index (χ3v) is 2.23. The monoisotopic (exact) mass is 267 g/mol. The number of benzene rings is 2. The smallest absolute Gasteiger partial charge is 0.269 e. The highest BCUT2D eigenvalue weighted by Gasteiger charge is 2.01. The number of nitro groups is 1. The molecule has 0 aliphatic carbocycles. The molecule has 5 nitrogen and oxygen atoms in total. The Balaban J connectivity index is 0.000000184. The summed E-state index contributed by atoms with van der Waals surface area (Å²) >= 11 is 5.46. The molecule has 0 fully saturated rings. The second kappa shape index (κ2) is 6.46. The van der Waals surface area contributed by atoms with Gasteiger partial charge in [0.15, 0.2) is 0 Å². The lowest BCUT2D eigenvalue weighted by Crippen LogP contribution is -1.85. The van der Waals surface area contributed by atoms with E-state index in [1.54, 1.807) is 24.3 Å². The molecule has 0 amide bonds. The van der Waals surface area contributed by atoms with Crippen LogP contribution in [0.5, 0.6) is 11.5 Å². The molecule has 2 N–H and O–H groups in total. The minimum absolute atomic E-state index is 0.0159. The van der Waals surface area contributed by atoms with Gasteiger partial charge in [0.05, 0.1) is 9.95 Å². The lowest BCUT2D eigenvalue weighted by Gasteiger charge is -1.89. The zero-order valence-corrected chi connectivity index (χ0v) is 9.91. The van der Waals surface area contributed by atoms with E-state index in [0.717, 1.165) is 0 Å². The molecule has 6 heteroatoms. The number of non-ortho nitro benzene ring substituents is 1. The summed E-state index contributed by atoms with van der Waals surface area (Å²) in [5.41, 5.74) is -0.0159. The Hall–Kier alpha value is -2.27. The maximum Gasteiger partial charge on any atom is 0.269 e. The number of phenols is 2. The molecule has 0 atom stereocenters. The van der Waals surface area contributed by atoms with Crippen molar-refractivity contribution in [3.8, 4) is 11.5 Å². The van der Waals surface area contributed by atoms with Gasteiger partial charge in [-0.2, -0.15) is 0 Å². The van der Waals surface area contributed by atoms with Crippen LogP contribution >= 0.6 is 11.6 Å².